The lowest BCUT2D eigenvalue weighted by Crippen LogP contribution is -2.07. The maximum absolute atomic E-state index is 6.83. The van der Waals surface area contributed by atoms with E-state index in [2.05, 4.69) is 36.4 Å². The van der Waals surface area contributed by atoms with Crippen LogP contribution in [0, 0.1) is 0 Å². The molecule has 0 spiro atoms. The second-order valence-electron chi connectivity index (χ2n) is 16.2. The van der Waals surface area contributed by atoms with Crippen LogP contribution in [0.4, 0.5) is 0 Å². The molecule has 0 N–H and O–H groups in total. The zero-order valence-corrected chi connectivity index (χ0v) is 41.8. The molecular formula is C56H82O12. The van der Waals surface area contributed by atoms with Crippen molar-refractivity contribution in [1.82, 2.24) is 0 Å². The van der Waals surface area contributed by atoms with Gasteiger partial charge in [0.25, 0.3) is 0 Å². The molecule has 4 aromatic rings. The Labute approximate surface area is 407 Å². The Morgan fingerprint density at radius 1 is 0.265 bits per heavy atom. The quantitative estimate of drug-likeness (QED) is 0.0239. The standard InChI is InChI=1S/C56H82O12/c1-5-57-39-43-61-31-17-9-13-21-35-65-53-47-27-25-29-49-51(47)52-48(54(53)66-36-22-14-10-18-32-62-44-40-58-6-2)28-26-30-50(52)56(68-38-24-16-12-20-34-64-46-42-60-8-4)55(49)67-37-23-15-11-19-33-63-45-41-59-7-3/h25-30,39-46H,5-24,31-38H2,1-4H3. The van der Waals surface area contributed by atoms with Gasteiger partial charge in [0.1, 0.15) is 50.1 Å². The van der Waals surface area contributed by atoms with Gasteiger partial charge in [0.2, 0.25) is 0 Å². The van der Waals surface area contributed by atoms with E-state index in [9.17, 15) is 0 Å². The molecule has 0 saturated heterocycles. The highest BCUT2D eigenvalue weighted by atomic mass is 16.5. The van der Waals surface area contributed by atoms with Crippen molar-refractivity contribution in [3.05, 3.63) is 86.5 Å². The smallest absolute Gasteiger partial charge is 0.169 e. The molecule has 0 unspecified atom stereocenters. The summed E-state index contributed by atoms with van der Waals surface area (Å²) in [7, 11) is 0. The van der Waals surface area contributed by atoms with Crippen LogP contribution in [0.2, 0.25) is 0 Å². The minimum absolute atomic E-state index is 0.571. The Morgan fingerprint density at radius 2 is 0.471 bits per heavy atom. The highest BCUT2D eigenvalue weighted by Crippen LogP contribution is 2.53. The minimum Gasteiger partial charge on any atom is -0.498 e. The van der Waals surface area contributed by atoms with Crippen LogP contribution in [0.5, 0.6) is 23.0 Å². The molecule has 0 aliphatic carbocycles. The summed E-state index contributed by atoms with van der Waals surface area (Å²) in [6, 6.07) is 12.9. The van der Waals surface area contributed by atoms with E-state index in [-0.39, 0.29) is 0 Å². The van der Waals surface area contributed by atoms with Crippen LogP contribution in [0.3, 0.4) is 0 Å². The summed E-state index contributed by atoms with van der Waals surface area (Å²) >= 11 is 0. The molecule has 0 radical (unpaired) electrons. The highest BCUT2D eigenvalue weighted by Gasteiger charge is 2.26. The topological polar surface area (TPSA) is 111 Å². The number of benzene rings is 4. The molecule has 68 heavy (non-hydrogen) atoms. The average molecular weight is 947 g/mol. The Hall–Kier alpha value is -5.52. The Morgan fingerprint density at radius 3 is 0.691 bits per heavy atom. The molecule has 0 fully saturated rings. The third-order valence-corrected chi connectivity index (χ3v) is 11.0. The van der Waals surface area contributed by atoms with E-state index >= 15 is 0 Å². The number of unbranched alkanes of at least 4 members (excludes halogenated alkanes) is 12. The summed E-state index contributed by atoms with van der Waals surface area (Å²) < 4.78 is 70.4. The number of ether oxygens (including phenoxy) is 12. The fraction of sp³-hybridized carbons (Fsp3) is 0.571. The van der Waals surface area contributed by atoms with Crippen molar-refractivity contribution in [1.29, 1.82) is 0 Å². The van der Waals surface area contributed by atoms with E-state index in [0.717, 1.165) is 158 Å². The molecule has 4 aromatic carbocycles. The Kier molecular flexibility index (Phi) is 29.6. The minimum atomic E-state index is 0.571. The first-order valence-electron chi connectivity index (χ1n) is 25.6. The van der Waals surface area contributed by atoms with Crippen LogP contribution >= 0.6 is 0 Å². The number of rotatable bonds is 44. The second-order valence-corrected chi connectivity index (χ2v) is 16.2. The van der Waals surface area contributed by atoms with Crippen LogP contribution in [0.1, 0.15) is 130 Å². The normalized spacial score (nSPS) is 11.8. The largest absolute Gasteiger partial charge is 0.498 e. The predicted molar refractivity (Wildman–Crippen MR) is 273 cm³/mol. The fourth-order valence-corrected chi connectivity index (χ4v) is 7.69. The summed E-state index contributed by atoms with van der Waals surface area (Å²) in [5.41, 5.74) is 0. The van der Waals surface area contributed by atoms with Crippen molar-refractivity contribution in [3.63, 3.8) is 0 Å². The molecule has 0 amide bonds. The van der Waals surface area contributed by atoms with Crippen molar-refractivity contribution < 1.29 is 56.8 Å². The molecule has 0 saturated carbocycles. The van der Waals surface area contributed by atoms with Crippen molar-refractivity contribution >= 4 is 32.3 Å². The summed E-state index contributed by atoms with van der Waals surface area (Å²) in [6.45, 7) is 15.3. The maximum atomic E-state index is 6.83. The lowest BCUT2D eigenvalue weighted by atomic mass is 9.91. The molecule has 12 heteroatoms. The summed E-state index contributed by atoms with van der Waals surface area (Å²) in [5, 5.41) is 6.27. The first kappa shape index (κ1) is 55.1. The van der Waals surface area contributed by atoms with Gasteiger partial charge < -0.3 is 56.8 Å². The van der Waals surface area contributed by atoms with E-state index in [4.69, 9.17) is 56.8 Å². The van der Waals surface area contributed by atoms with Crippen molar-refractivity contribution in [3.8, 4) is 23.0 Å². The molecule has 12 nitrogen and oxygen atoms in total. The molecule has 0 aromatic heterocycles. The summed E-state index contributed by atoms with van der Waals surface area (Å²) in [6.07, 6.45) is 28.7. The van der Waals surface area contributed by atoms with E-state index in [1.807, 2.05) is 27.7 Å². The van der Waals surface area contributed by atoms with E-state index in [1.54, 1.807) is 50.1 Å². The zero-order chi connectivity index (χ0) is 48.0. The van der Waals surface area contributed by atoms with Crippen LogP contribution in [0.25, 0.3) is 32.3 Å². The van der Waals surface area contributed by atoms with Gasteiger partial charge in [-0.1, -0.05) is 36.4 Å². The lowest BCUT2D eigenvalue weighted by Gasteiger charge is -2.24. The Balaban J connectivity index is 1.56. The van der Waals surface area contributed by atoms with Crippen LogP contribution in [0.15, 0.2) is 86.5 Å². The maximum Gasteiger partial charge on any atom is 0.169 e. The first-order valence-corrected chi connectivity index (χ1v) is 25.6. The number of hydrogen-bond donors (Lipinski definition) is 0. The molecule has 0 bridgehead atoms. The van der Waals surface area contributed by atoms with Crippen molar-refractivity contribution in [2.45, 2.75) is 130 Å². The monoisotopic (exact) mass is 947 g/mol. The van der Waals surface area contributed by atoms with Gasteiger partial charge in [0, 0.05) is 32.3 Å². The summed E-state index contributed by atoms with van der Waals surface area (Å²) in [5.74, 6) is 3.13. The highest BCUT2D eigenvalue weighted by molar-refractivity contribution is 6.29. The zero-order valence-electron chi connectivity index (χ0n) is 41.8. The average Bonchev–Trinajstić information content (AvgIpc) is 3.36. The van der Waals surface area contributed by atoms with Crippen molar-refractivity contribution in [2.24, 2.45) is 0 Å². The van der Waals surface area contributed by atoms with Crippen LogP contribution in [-0.4, -0.2) is 79.3 Å². The van der Waals surface area contributed by atoms with Gasteiger partial charge in [-0.25, -0.2) is 0 Å². The van der Waals surface area contributed by atoms with E-state index in [1.165, 1.54) is 0 Å². The third-order valence-electron chi connectivity index (χ3n) is 11.0. The second kappa shape index (κ2) is 36.5. The molecule has 0 atom stereocenters. The molecule has 0 aliphatic rings. The van der Waals surface area contributed by atoms with Gasteiger partial charge in [0.15, 0.2) is 23.0 Å². The van der Waals surface area contributed by atoms with Crippen molar-refractivity contribution in [2.75, 3.05) is 79.3 Å². The van der Waals surface area contributed by atoms with Gasteiger partial charge >= 0.3 is 0 Å². The Bertz CT molecular complexity index is 1720. The molecule has 378 valence electrons. The predicted octanol–water partition coefficient (Wildman–Crippen LogP) is 14.4. The first-order chi connectivity index (χ1) is 33.8. The SMILES string of the molecule is CCOC=COCCCCCCOc1c(OCCCCCCOC=COCC)c2cccc3c(OCCCCCCOC=COCC)c(OCCCCCCOC=COCC)c4cccc1c4c23. The van der Waals surface area contributed by atoms with Crippen LogP contribution in [-0.2, 0) is 37.9 Å². The van der Waals surface area contributed by atoms with Gasteiger partial charge in [-0.2, -0.15) is 0 Å². The van der Waals surface area contributed by atoms with Gasteiger partial charge in [-0.15, -0.1) is 0 Å². The fourth-order valence-electron chi connectivity index (χ4n) is 7.69. The summed E-state index contributed by atoms with van der Waals surface area (Å²) in [4.78, 5) is 0. The van der Waals surface area contributed by atoms with E-state index < -0.39 is 0 Å². The molecular weight excluding hydrogens is 865 g/mol. The van der Waals surface area contributed by atoms with Gasteiger partial charge in [-0.3, -0.25) is 0 Å². The number of hydrogen-bond acceptors (Lipinski definition) is 12. The molecule has 4 rings (SSSR count). The van der Waals surface area contributed by atoms with Gasteiger partial charge in [-0.05, 0) is 130 Å². The third kappa shape index (κ3) is 20.4. The van der Waals surface area contributed by atoms with Gasteiger partial charge in [0.05, 0.1) is 79.3 Å². The molecule has 0 heterocycles. The lowest BCUT2D eigenvalue weighted by molar-refractivity contribution is 0.205. The molecule has 0 aliphatic heterocycles. The van der Waals surface area contributed by atoms with E-state index in [0.29, 0.717) is 79.3 Å². The van der Waals surface area contributed by atoms with Crippen LogP contribution < -0.4 is 18.9 Å².